The van der Waals surface area contributed by atoms with Crippen LogP contribution in [-0.2, 0) is 6.54 Å². The van der Waals surface area contributed by atoms with Gasteiger partial charge in [-0.3, -0.25) is 14.6 Å². The fourth-order valence-electron chi connectivity index (χ4n) is 2.72. The van der Waals surface area contributed by atoms with Crippen molar-refractivity contribution in [1.82, 2.24) is 10.3 Å². The Morgan fingerprint density at radius 2 is 1.70 bits per heavy atom. The van der Waals surface area contributed by atoms with Crippen molar-refractivity contribution in [3.8, 4) is 0 Å². The predicted molar refractivity (Wildman–Crippen MR) is 106 cm³/mol. The number of aromatic nitrogens is 1. The number of anilines is 1. The van der Waals surface area contributed by atoms with Gasteiger partial charge in [0.2, 0.25) is 0 Å². The summed E-state index contributed by atoms with van der Waals surface area (Å²) < 4.78 is 0. The van der Waals surface area contributed by atoms with Crippen molar-refractivity contribution in [2.45, 2.75) is 13.5 Å². The molecule has 136 valence electrons. The van der Waals surface area contributed by atoms with E-state index in [4.69, 9.17) is 0 Å². The van der Waals surface area contributed by atoms with Crippen LogP contribution in [0.5, 0.6) is 0 Å². The zero-order valence-corrected chi connectivity index (χ0v) is 15.3. The molecule has 0 aliphatic carbocycles. The second kappa shape index (κ2) is 8.27. The Labute approximate surface area is 158 Å². The number of rotatable bonds is 5. The number of hydrogen-bond acceptors (Lipinski definition) is 3. The number of carbonyl (C=O) groups is 2. The number of amides is 2. The van der Waals surface area contributed by atoms with Crippen LogP contribution in [0.15, 0.2) is 72.9 Å². The smallest absolute Gasteiger partial charge is 0.270 e. The Kier molecular flexibility index (Phi) is 5.61. The molecule has 0 fully saturated rings. The number of hydrogen-bond donors (Lipinski definition) is 1. The van der Waals surface area contributed by atoms with Crippen molar-refractivity contribution in [2.24, 2.45) is 0 Å². The summed E-state index contributed by atoms with van der Waals surface area (Å²) >= 11 is 0. The molecule has 1 heterocycles. The number of carbonyl (C=O) groups excluding carboxylic acids is 2. The van der Waals surface area contributed by atoms with Gasteiger partial charge in [0, 0.05) is 31.0 Å². The van der Waals surface area contributed by atoms with Crippen molar-refractivity contribution < 1.29 is 9.59 Å². The quantitative estimate of drug-likeness (QED) is 0.757. The first-order chi connectivity index (χ1) is 13.1. The Morgan fingerprint density at radius 3 is 2.44 bits per heavy atom. The van der Waals surface area contributed by atoms with E-state index < -0.39 is 0 Å². The number of nitrogens with zero attached hydrogens (tertiary/aromatic N) is 2. The van der Waals surface area contributed by atoms with Crippen LogP contribution in [0.4, 0.5) is 5.69 Å². The van der Waals surface area contributed by atoms with Crippen molar-refractivity contribution in [3.05, 3.63) is 95.3 Å². The predicted octanol–water partition coefficient (Wildman–Crippen LogP) is 3.60. The largest absolute Gasteiger partial charge is 0.347 e. The summed E-state index contributed by atoms with van der Waals surface area (Å²) in [4.78, 5) is 30.8. The van der Waals surface area contributed by atoms with Gasteiger partial charge in [0.15, 0.2) is 0 Å². The molecule has 0 aliphatic rings. The van der Waals surface area contributed by atoms with Gasteiger partial charge >= 0.3 is 0 Å². The molecule has 2 amide bonds. The fourth-order valence-corrected chi connectivity index (χ4v) is 2.72. The average molecular weight is 359 g/mol. The van der Waals surface area contributed by atoms with Crippen molar-refractivity contribution in [1.29, 1.82) is 0 Å². The van der Waals surface area contributed by atoms with E-state index in [0.29, 0.717) is 12.1 Å². The van der Waals surface area contributed by atoms with Gasteiger partial charge in [0.25, 0.3) is 11.8 Å². The maximum Gasteiger partial charge on any atom is 0.270 e. The molecule has 3 rings (SSSR count). The first-order valence-electron chi connectivity index (χ1n) is 8.68. The van der Waals surface area contributed by atoms with Gasteiger partial charge in [-0.2, -0.15) is 0 Å². The molecular formula is C22H21N3O2. The second-order valence-electron chi connectivity index (χ2n) is 6.24. The molecule has 2 aromatic carbocycles. The molecule has 3 aromatic rings. The summed E-state index contributed by atoms with van der Waals surface area (Å²) in [5.74, 6) is -0.508. The van der Waals surface area contributed by atoms with E-state index in [9.17, 15) is 9.59 Å². The van der Waals surface area contributed by atoms with E-state index in [-0.39, 0.29) is 17.5 Å². The average Bonchev–Trinajstić information content (AvgIpc) is 2.72. The summed E-state index contributed by atoms with van der Waals surface area (Å²) in [6.45, 7) is 2.41. The topological polar surface area (TPSA) is 62.3 Å². The molecule has 0 aliphatic heterocycles. The minimum absolute atomic E-state index is 0.198. The summed E-state index contributed by atoms with van der Waals surface area (Å²) in [7, 11) is 1.70. The molecule has 0 atom stereocenters. The van der Waals surface area contributed by atoms with Crippen LogP contribution in [-0.4, -0.2) is 23.8 Å². The molecule has 5 heteroatoms. The molecule has 1 aromatic heterocycles. The van der Waals surface area contributed by atoms with Gasteiger partial charge in [-0.15, -0.1) is 0 Å². The number of pyridine rings is 1. The highest BCUT2D eigenvalue weighted by Gasteiger charge is 2.16. The van der Waals surface area contributed by atoms with Crippen LogP contribution >= 0.6 is 0 Å². The van der Waals surface area contributed by atoms with Gasteiger partial charge in [-0.05, 0) is 42.3 Å². The molecule has 27 heavy (non-hydrogen) atoms. The summed E-state index contributed by atoms with van der Waals surface area (Å²) in [6, 6.07) is 20.3. The minimum atomic E-state index is -0.310. The number of aryl methyl sites for hydroxylation is 1. The van der Waals surface area contributed by atoms with E-state index in [2.05, 4.69) is 10.3 Å². The number of nitrogens with one attached hydrogen (secondary N) is 1. The van der Waals surface area contributed by atoms with Crippen LogP contribution in [0.25, 0.3) is 0 Å². The zero-order chi connectivity index (χ0) is 19.2. The number of benzene rings is 2. The van der Waals surface area contributed by atoms with Gasteiger partial charge < -0.3 is 10.2 Å². The maximum atomic E-state index is 12.7. The maximum absolute atomic E-state index is 12.7. The molecule has 0 saturated carbocycles. The SMILES string of the molecule is Cc1ccccc1CNC(=O)c1cc(C(=O)N(C)c2ccccc2)ccn1. The first kappa shape index (κ1) is 18.3. The Morgan fingerprint density at radius 1 is 1.00 bits per heavy atom. The van der Waals surface area contributed by atoms with Gasteiger partial charge in [0.1, 0.15) is 5.69 Å². The molecule has 0 bridgehead atoms. The van der Waals surface area contributed by atoms with Crippen LogP contribution < -0.4 is 10.2 Å². The summed E-state index contributed by atoms with van der Waals surface area (Å²) in [6.07, 6.45) is 1.48. The Bertz CT molecular complexity index is 955. The number of para-hydroxylation sites is 1. The molecule has 1 N–H and O–H groups in total. The molecule has 0 saturated heterocycles. The molecule has 0 unspecified atom stereocenters. The molecule has 0 radical (unpaired) electrons. The lowest BCUT2D eigenvalue weighted by Gasteiger charge is -2.17. The highest BCUT2D eigenvalue weighted by Crippen LogP contribution is 2.15. The lowest BCUT2D eigenvalue weighted by Crippen LogP contribution is -2.28. The van der Waals surface area contributed by atoms with E-state index in [1.807, 2.05) is 61.5 Å². The molecule has 0 spiro atoms. The van der Waals surface area contributed by atoms with Crippen LogP contribution in [0, 0.1) is 6.92 Å². The van der Waals surface area contributed by atoms with Gasteiger partial charge in [0.05, 0.1) is 0 Å². The third-order valence-electron chi connectivity index (χ3n) is 4.39. The summed E-state index contributed by atoms with van der Waals surface area (Å²) in [5.41, 5.74) is 3.57. The van der Waals surface area contributed by atoms with Crippen LogP contribution in [0.2, 0.25) is 0 Å². The van der Waals surface area contributed by atoms with Gasteiger partial charge in [-0.25, -0.2) is 0 Å². The Balaban J connectivity index is 1.72. The van der Waals surface area contributed by atoms with Crippen molar-refractivity contribution >= 4 is 17.5 Å². The normalized spacial score (nSPS) is 10.3. The third-order valence-corrected chi connectivity index (χ3v) is 4.39. The Hall–Kier alpha value is -3.47. The van der Waals surface area contributed by atoms with Gasteiger partial charge in [-0.1, -0.05) is 42.5 Å². The minimum Gasteiger partial charge on any atom is -0.347 e. The fraction of sp³-hybridized carbons (Fsp3) is 0.136. The van der Waals surface area contributed by atoms with Crippen LogP contribution in [0.3, 0.4) is 0 Å². The lowest BCUT2D eigenvalue weighted by molar-refractivity contribution is 0.0946. The zero-order valence-electron chi connectivity index (χ0n) is 15.3. The second-order valence-corrected chi connectivity index (χ2v) is 6.24. The lowest BCUT2D eigenvalue weighted by atomic mass is 10.1. The van der Waals surface area contributed by atoms with E-state index in [0.717, 1.165) is 16.8 Å². The van der Waals surface area contributed by atoms with Crippen LogP contribution in [0.1, 0.15) is 32.0 Å². The molecular weight excluding hydrogens is 338 g/mol. The van der Waals surface area contributed by atoms with E-state index >= 15 is 0 Å². The first-order valence-corrected chi connectivity index (χ1v) is 8.68. The highest BCUT2D eigenvalue weighted by molar-refractivity contribution is 6.06. The molecule has 5 nitrogen and oxygen atoms in total. The van der Waals surface area contributed by atoms with E-state index in [1.165, 1.54) is 12.3 Å². The summed E-state index contributed by atoms with van der Waals surface area (Å²) in [5, 5.41) is 2.86. The monoisotopic (exact) mass is 359 g/mol. The standard InChI is InChI=1S/C22H21N3O2/c1-16-8-6-7-9-18(16)15-24-21(26)20-14-17(12-13-23-20)22(27)25(2)19-10-4-3-5-11-19/h3-14H,15H2,1-2H3,(H,24,26). The van der Waals surface area contributed by atoms with E-state index in [1.54, 1.807) is 18.0 Å². The van der Waals surface area contributed by atoms with Crippen molar-refractivity contribution in [3.63, 3.8) is 0 Å². The highest BCUT2D eigenvalue weighted by atomic mass is 16.2. The van der Waals surface area contributed by atoms with Crippen molar-refractivity contribution in [2.75, 3.05) is 11.9 Å². The third kappa shape index (κ3) is 4.39.